The zero-order valence-electron chi connectivity index (χ0n) is 37.5. The predicted octanol–water partition coefficient (Wildman–Crippen LogP) is -1.85. The molecule has 0 saturated carbocycles. The number of nitrogens with one attached hydrogen (secondary N) is 3. The Labute approximate surface area is 390 Å². The van der Waals surface area contributed by atoms with E-state index in [0.717, 1.165) is 61.2 Å². The van der Waals surface area contributed by atoms with Crippen LogP contribution < -0.4 is 43.9 Å². The number of nitrogens with zero attached hydrogens (tertiary/aromatic N) is 6. The van der Waals surface area contributed by atoms with E-state index in [0.29, 0.717) is 0 Å². The second-order valence-electron chi connectivity index (χ2n) is 15.1. The molecule has 370 valence electrons. The van der Waals surface area contributed by atoms with E-state index in [2.05, 4.69) is 16.0 Å². The molecule has 9 N–H and O–H groups in total. The van der Waals surface area contributed by atoms with Gasteiger partial charge in [-0.15, -0.1) is 18.9 Å². The average molecular weight is 965 g/mol. The van der Waals surface area contributed by atoms with E-state index in [1.807, 2.05) is 0 Å². The number of Topliss-reactive ketones (excluding diaryl/α,β-unsaturated/α-hetero) is 2. The summed E-state index contributed by atoms with van der Waals surface area (Å²) in [4.78, 5) is 144. The molecule has 0 fully saturated rings. The Balaban J connectivity index is 1.61. The maximum Gasteiger partial charge on any atom is 0.296 e. The summed E-state index contributed by atoms with van der Waals surface area (Å²) in [6.07, 6.45) is -0.449. The van der Waals surface area contributed by atoms with Gasteiger partial charge in [-0.25, -0.2) is 0 Å². The molecule has 0 aromatic carbocycles. The Morgan fingerprint density at radius 3 is 1.55 bits per heavy atom. The van der Waals surface area contributed by atoms with Crippen molar-refractivity contribution in [2.24, 2.45) is 5.73 Å². The number of hydrogen-bond acceptors (Lipinski definition) is 17. The maximum absolute atomic E-state index is 14.3. The molecule has 0 saturated heterocycles. The predicted molar refractivity (Wildman–Crippen MR) is 238 cm³/mol. The van der Waals surface area contributed by atoms with Gasteiger partial charge in [0, 0.05) is 71.8 Å². The summed E-state index contributed by atoms with van der Waals surface area (Å²) < 4.78 is 5.63. The topological polar surface area (TPSA) is 366 Å². The van der Waals surface area contributed by atoms with Gasteiger partial charge >= 0.3 is 0 Å². The van der Waals surface area contributed by atoms with Gasteiger partial charge in [-0.3, -0.25) is 52.7 Å². The van der Waals surface area contributed by atoms with Gasteiger partial charge < -0.3 is 57.0 Å². The molecule has 4 rings (SSSR count). The highest BCUT2D eigenvalue weighted by atomic mass is 16.5. The lowest BCUT2D eigenvalue weighted by Crippen LogP contribution is -2.52. The summed E-state index contributed by atoms with van der Waals surface area (Å²) in [5.74, 6) is -5.81. The van der Waals surface area contributed by atoms with E-state index in [1.54, 1.807) is 0 Å². The SMILES string of the molecule is CC(=O)c1ccc(C(=O)NCCCN(CCCC(C(=O)NCCOCCN)N(CCCNC(=O)c2ccc(C(C)=O)n(O)c2=O)C(=O)c2cccc(=O)n2O)C(=O)c2cccc(=O)n2O)c(=O)n1O. The third kappa shape index (κ3) is 13.6. The van der Waals surface area contributed by atoms with Gasteiger partial charge in [-0.2, -0.15) is 0 Å². The molecule has 0 aliphatic rings. The van der Waals surface area contributed by atoms with Crippen LogP contribution in [0.15, 0.2) is 79.8 Å². The first kappa shape index (κ1) is 53.2. The Morgan fingerprint density at radius 2 is 1.06 bits per heavy atom. The molecule has 4 heterocycles. The van der Waals surface area contributed by atoms with Crippen molar-refractivity contribution in [2.75, 3.05) is 59.0 Å². The number of carbonyl (C=O) groups is 7. The fourth-order valence-electron chi connectivity index (χ4n) is 6.81. The fraction of sp³-hybridized carbons (Fsp3) is 0.372. The Hall–Kier alpha value is -8.39. The summed E-state index contributed by atoms with van der Waals surface area (Å²) in [6.45, 7) is 1.34. The first-order valence-electron chi connectivity index (χ1n) is 21.3. The van der Waals surface area contributed by atoms with Crippen LogP contribution in [0.1, 0.15) is 102 Å². The number of ether oxygens (including phenoxy) is 1. The van der Waals surface area contributed by atoms with E-state index in [1.165, 1.54) is 23.1 Å². The molecule has 0 radical (unpaired) electrons. The average Bonchev–Trinajstić information content (AvgIpc) is 3.31. The summed E-state index contributed by atoms with van der Waals surface area (Å²) in [6, 6.07) is 9.49. The maximum atomic E-state index is 14.3. The standard InChI is InChI=1S/C43H52N10O16/c1-26(54)30-15-13-28(40(61)52(30)67)37(58)45-18-6-22-48(42(63)33-8-3-11-35(56)50(33)65)21-5-10-32(39(60)47-20-25-69-24-17-44)49(43(64)34-9-4-12-36(57)51(34)66)23-7-19-46-38(59)29-14-16-31(27(2)55)53(68)41(29)62/h3-4,8-9,11-16,32,65-68H,5-7,10,17-25,44H2,1-2H3,(H,45,58)(H,46,59)(H,47,60). The lowest BCUT2D eigenvalue weighted by molar-refractivity contribution is -0.126. The van der Waals surface area contributed by atoms with Crippen LogP contribution in [0.3, 0.4) is 0 Å². The molecular weight excluding hydrogens is 913 g/mol. The van der Waals surface area contributed by atoms with Crippen LogP contribution >= 0.6 is 0 Å². The summed E-state index contributed by atoms with van der Waals surface area (Å²) >= 11 is 0. The minimum Gasteiger partial charge on any atom is -0.425 e. The van der Waals surface area contributed by atoms with Crippen molar-refractivity contribution in [3.63, 3.8) is 0 Å². The molecule has 0 aliphatic heterocycles. The molecule has 4 aromatic heterocycles. The molecular formula is C43H52N10O16. The summed E-state index contributed by atoms with van der Waals surface area (Å²) in [7, 11) is 0. The van der Waals surface area contributed by atoms with Crippen LogP contribution in [-0.4, -0.2) is 156 Å². The van der Waals surface area contributed by atoms with Gasteiger partial charge in [0.2, 0.25) is 5.91 Å². The molecule has 5 amide bonds. The second-order valence-corrected chi connectivity index (χ2v) is 15.1. The molecule has 1 unspecified atom stereocenters. The monoisotopic (exact) mass is 964 g/mol. The second kappa shape index (κ2) is 24.9. The van der Waals surface area contributed by atoms with Gasteiger partial charge in [0.05, 0.1) is 13.2 Å². The zero-order valence-corrected chi connectivity index (χ0v) is 37.5. The highest BCUT2D eigenvalue weighted by Gasteiger charge is 2.32. The molecule has 0 bridgehead atoms. The van der Waals surface area contributed by atoms with Gasteiger partial charge in [0.25, 0.3) is 45.9 Å². The van der Waals surface area contributed by atoms with Crippen LogP contribution in [0.5, 0.6) is 0 Å². The Morgan fingerprint density at radius 1 is 0.580 bits per heavy atom. The van der Waals surface area contributed by atoms with Gasteiger partial charge in [0.1, 0.15) is 39.9 Å². The van der Waals surface area contributed by atoms with Crippen molar-refractivity contribution in [3.8, 4) is 0 Å². The number of rotatable bonds is 25. The highest BCUT2D eigenvalue weighted by molar-refractivity contribution is 5.98. The molecule has 0 spiro atoms. The van der Waals surface area contributed by atoms with Crippen LogP contribution in [0.25, 0.3) is 0 Å². The van der Waals surface area contributed by atoms with Gasteiger partial charge in [-0.05, 0) is 62.1 Å². The summed E-state index contributed by atoms with van der Waals surface area (Å²) in [5, 5.41) is 48.8. The number of pyridine rings is 4. The van der Waals surface area contributed by atoms with Gasteiger partial charge in [0.15, 0.2) is 11.6 Å². The van der Waals surface area contributed by atoms with Crippen LogP contribution in [0.2, 0.25) is 0 Å². The smallest absolute Gasteiger partial charge is 0.296 e. The van der Waals surface area contributed by atoms with Crippen molar-refractivity contribution in [1.29, 1.82) is 0 Å². The first-order valence-corrected chi connectivity index (χ1v) is 21.3. The van der Waals surface area contributed by atoms with Crippen LogP contribution in [0.4, 0.5) is 0 Å². The number of aromatic nitrogens is 4. The van der Waals surface area contributed by atoms with Crippen LogP contribution in [-0.2, 0) is 9.53 Å². The molecule has 26 heteroatoms. The Kier molecular flexibility index (Phi) is 19.2. The fourth-order valence-corrected chi connectivity index (χ4v) is 6.81. The molecule has 0 aliphatic carbocycles. The van der Waals surface area contributed by atoms with Crippen molar-refractivity contribution in [3.05, 3.63) is 136 Å². The normalized spacial score (nSPS) is 11.3. The van der Waals surface area contributed by atoms with E-state index < -0.39 is 91.9 Å². The number of nitrogens with two attached hydrogens (primary N) is 1. The lowest BCUT2D eigenvalue weighted by atomic mass is 10.1. The first-order chi connectivity index (χ1) is 32.8. The van der Waals surface area contributed by atoms with E-state index in [4.69, 9.17) is 10.5 Å². The number of carbonyl (C=O) groups excluding carboxylic acids is 7. The molecule has 26 nitrogen and oxygen atoms in total. The quantitative estimate of drug-likeness (QED) is 0.0205. The summed E-state index contributed by atoms with van der Waals surface area (Å²) in [5.41, 5.74) is -1.53. The highest BCUT2D eigenvalue weighted by Crippen LogP contribution is 2.16. The van der Waals surface area contributed by atoms with E-state index >= 15 is 0 Å². The Bertz CT molecular complexity index is 2820. The third-order valence-electron chi connectivity index (χ3n) is 10.3. The minimum absolute atomic E-state index is 0.00306. The van der Waals surface area contributed by atoms with Gasteiger partial charge in [-0.1, -0.05) is 12.1 Å². The van der Waals surface area contributed by atoms with Crippen molar-refractivity contribution < 1.29 is 59.1 Å². The van der Waals surface area contributed by atoms with Crippen molar-refractivity contribution in [2.45, 2.75) is 45.6 Å². The van der Waals surface area contributed by atoms with E-state index in [-0.39, 0.29) is 115 Å². The largest absolute Gasteiger partial charge is 0.425 e. The number of ketones is 2. The number of hydrogen-bond donors (Lipinski definition) is 8. The minimum atomic E-state index is -1.44. The van der Waals surface area contributed by atoms with Crippen molar-refractivity contribution >= 4 is 41.1 Å². The number of amides is 5. The van der Waals surface area contributed by atoms with Crippen molar-refractivity contribution in [1.82, 2.24) is 44.7 Å². The zero-order chi connectivity index (χ0) is 50.9. The molecule has 69 heavy (non-hydrogen) atoms. The molecule has 1 atom stereocenters. The van der Waals surface area contributed by atoms with E-state index in [9.17, 15) is 73.6 Å². The lowest BCUT2D eigenvalue weighted by Gasteiger charge is -2.32. The third-order valence-corrected chi connectivity index (χ3v) is 10.3. The van der Waals surface area contributed by atoms with Crippen LogP contribution in [0, 0.1) is 0 Å². The molecule has 4 aromatic rings.